The molecule has 3 heteroatoms. The maximum Gasteiger partial charge on any atom is 0.227 e. The lowest BCUT2D eigenvalue weighted by Crippen LogP contribution is -2.13. The monoisotopic (exact) mass is 181 g/mol. The standard InChI is InChI=1S/C9H11NOS/c1-6-4-8(6)9(11)10-7-2-3-12-5-7/h2-3,5-6,8H,4H2,1H3,(H,10,11)/t6-,8-/m1/s1. The van der Waals surface area contributed by atoms with Gasteiger partial charge in [0, 0.05) is 11.3 Å². The van der Waals surface area contributed by atoms with Gasteiger partial charge in [-0.05, 0) is 23.8 Å². The molecule has 1 saturated carbocycles. The number of nitrogens with one attached hydrogen (secondary N) is 1. The molecule has 0 radical (unpaired) electrons. The molecule has 0 aliphatic heterocycles. The van der Waals surface area contributed by atoms with E-state index in [1.165, 1.54) is 0 Å². The second kappa shape index (κ2) is 2.90. The molecule has 0 spiro atoms. The summed E-state index contributed by atoms with van der Waals surface area (Å²) in [6.07, 6.45) is 1.05. The molecule has 0 aromatic carbocycles. The van der Waals surface area contributed by atoms with E-state index in [-0.39, 0.29) is 11.8 Å². The third kappa shape index (κ3) is 1.50. The summed E-state index contributed by atoms with van der Waals surface area (Å²) in [5, 5.41) is 6.80. The van der Waals surface area contributed by atoms with Crippen LogP contribution >= 0.6 is 11.3 Å². The molecule has 1 aliphatic carbocycles. The topological polar surface area (TPSA) is 29.1 Å². The quantitative estimate of drug-likeness (QED) is 0.745. The van der Waals surface area contributed by atoms with E-state index >= 15 is 0 Å². The molecule has 1 aromatic heterocycles. The summed E-state index contributed by atoms with van der Waals surface area (Å²) >= 11 is 1.60. The maximum absolute atomic E-state index is 11.4. The zero-order valence-corrected chi connectivity index (χ0v) is 7.73. The minimum absolute atomic E-state index is 0.181. The molecule has 2 rings (SSSR count). The van der Waals surface area contributed by atoms with Crippen LogP contribution in [0.3, 0.4) is 0 Å². The van der Waals surface area contributed by atoms with Crippen LogP contribution < -0.4 is 5.32 Å². The van der Waals surface area contributed by atoms with Crippen LogP contribution in [0.25, 0.3) is 0 Å². The van der Waals surface area contributed by atoms with Gasteiger partial charge in [0.05, 0.1) is 5.69 Å². The van der Waals surface area contributed by atoms with E-state index in [0.717, 1.165) is 12.1 Å². The summed E-state index contributed by atoms with van der Waals surface area (Å²) in [7, 11) is 0. The van der Waals surface area contributed by atoms with Gasteiger partial charge in [0.2, 0.25) is 5.91 Å². The summed E-state index contributed by atoms with van der Waals surface area (Å²) in [6, 6.07) is 1.93. The Morgan fingerprint density at radius 1 is 1.75 bits per heavy atom. The van der Waals surface area contributed by atoms with Crippen LogP contribution in [0.15, 0.2) is 16.8 Å². The van der Waals surface area contributed by atoms with Gasteiger partial charge in [-0.2, -0.15) is 11.3 Å². The number of amides is 1. The number of thiophene rings is 1. The van der Waals surface area contributed by atoms with Gasteiger partial charge in [-0.25, -0.2) is 0 Å². The Labute approximate surface area is 75.6 Å². The van der Waals surface area contributed by atoms with Crippen molar-refractivity contribution in [2.24, 2.45) is 11.8 Å². The predicted octanol–water partition coefficient (Wildman–Crippen LogP) is 2.34. The summed E-state index contributed by atoms with van der Waals surface area (Å²) in [6.45, 7) is 2.11. The largest absolute Gasteiger partial charge is 0.325 e. The predicted molar refractivity (Wildman–Crippen MR) is 50.2 cm³/mol. The van der Waals surface area contributed by atoms with Crippen molar-refractivity contribution in [3.05, 3.63) is 16.8 Å². The van der Waals surface area contributed by atoms with E-state index < -0.39 is 0 Å². The van der Waals surface area contributed by atoms with Gasteiger partial charge in [-0.3, -0.25) is 4.79 Å². The third-order valence-electron chi connectivity index (χ3n) is 2.23. The lowest BCUT2D eigenvalue weighted by molar-refractivity contribution is -0.117. The maximum atomic E-state index is 11.4. The van der Waals surface area contributed by atoms with Crippen LogP contribution in [-0.2, 0) is 4.79 Å². The second-order valence-corrected chi connectivity index (χ2v) is 4.10. The fraction of sp³-hybridized carbons (Fsp3) is 0.444. The first-order valence-corrected chi connectivity index (χ1v) is 5.04. The van der Waals surface area contributed by atoms with E-state index in [1.54, 1.807) is 11.3 Å². The van der Waals surface area contributed by atoms with Crippen molar-refractivity contribution in [2.75, 3.05) is 5.32 Å². The minimum Gasteiger partial charge on any atom is -0.325 e. The molecule has 0 bridgehead atoms. The highest BCUT2D eigenvalue weighted by Crippen LogP contribution is 2.38. The van der Waals surface area contributed by atoms with Crippen LogP contribution in [0.1, 0.15) is 13.3 Å². The van der Waals surface area contributed by atoms with Crippen molar-refractivity contribution < 1.29 is 4.79 Å². The highest BCUT2D eigenvalue weighted by molar-refractivity contribution is 7.08. The van der Waals surface area contributed by atoms with Crippen LogP contribution in [0.5, 0.6) is 0 Å². The van der Waals surface area contributed by atoms with Crippen molar-refractivity contribution in [3.63, 3.8) is 0 Å². The van der Waals surface area contributed by atoms with Gasteiger partial charge in [0.25, 0.3) is 0 Å². The molecular weight excluding hydrogens is 170 g/mol. The van der Waals surface area contributed by atoms with Gasteiger partial charge < -0.3 is 5.32 Å². The fourth-order valence-corrected chi connectivity index (χ4v) is 1.85. The van der Waals surface area contributed by atoms with Crippen molar-refractivity contribution in [2.45, 2.75) is 13.3 Å². The fourth-order valence-electron chi connectivity index (χ4n) is 1.26. The smallest absolute Gasteiger partial charge is 0.227 e. The number of hydrogen-bond acceptors (Lipinski definition) is 2. The van der Waals surface area contributed by atoms with Gasteiger partial charge in [-0.1, -0.05) is 6.92 Å². The number of carbonyl (C=O) groups excluding carboxylic acids is 1. The molecule has 1 amide bonds. The van der Waals surface area contributed by atoms with Crippen LogP contribution in [0.2, 0.25) is 0 Å². The molecule has 1 aliphatic rings. The Morgan fingerprint density at radius 2 is 2.50 bits per heavy atom. The third-order valence-corrected chi connectivity index (χ3v) is 2.92. The first-order chi connectivity index (χ1) is 5.77. The highest BCUT2D eigenvalue weighted by Gasteiger charge is 2.38. The normalized spacial score (nSPS) is 26.8. The first kappa shape index (κ1) is 7.80. The Kier molecular flexibility index (Phi) is 1.89. The summed E-state index contributed by atoms with van der Waals surface area (Å²) < 4.78 is 0. The lowest BCUT2D eigenvalue weighted by atomic mass is 10.3. The lowest BCUT2D eigenvalue weighted by Gasteiger charge is -1.99. The zero-order chi connectivity index (χ0) is 8.55. The number of hydrogen-bond donors (Lipinski definition) is 1. The Morgan fingerprint density at radius 3 is 3.00 bits per heavy atom. The average molecular weight is 181 g/mol. The molecule has 1 aromatic rings. The van der Waals surface area contributed by atoms with E-state index in [4.69, 9.17) is 0 Å². The van der Waals surface area contributed by atoms with E-state index in [9.17, 15) is 4.79 Å². The van der Waals surface area contributed by atoms with Gasteiger partial charge >= 0.3 is 0 Å². The van der Waals surface area contributed by atoms with Crippen LogP contribution in [0.4, 0.5) is 5.69 Å². The Balaban J connectivity index is 1.92. The van der Waals surface area contributed by atoms with Crippen LogP contribution in [0, 0.1) is 11.8 Å². The summed E-state index contributed by atoms with van der Waals surface area (Å²) in [5.74, 6) is 1.04. The molecule has 1 fully saturated rings. The average Bonchev–Trinajstić information content (AvgIpc) is 2.58. The first-order valence-electron chi connectivity index (χ1n) is 4.10. The number of carbonyl (C=O) groups is 1. The molecule has 0 unspecified atom stereocenters. The zero-order valence-electron chi connectivity index (χ0n) is 6.91. The van der Waals surface area contributed by atoms with Crippen molar-refractivity contribution in [3.8, 4) is 0 Å². The molecule has 0 saturated heterocycles. The molecule has 2 nitrogen and oxygen atoms in total. The summed E-state index contributed by atoms with van der Waals surface area (Å²) in [4.78, 5) is 11.4. The molecule has 12 heavy (non-hydrogen) atoms. The molecular formula is C9H11NOS. The molecule has 1 heterocycles. The van der Waals surface area contributed by atoms with Crippen molar-refractivity contribution in [1.29, 1.82) is 0 Å². The Hall–Kier alpha value is -0.830. The number of rotatable bonds is 2. The van der Waals surface area contributed by atoms with Gasteiger partial charge in [-0.15, -0.1) is 0 Å². The summed E-state index contributed by atoms with van der Waals surface area (Å²) in [5.41, 5.74) is 0.934. The Bertz CT molecular complexity index is 281. The van der Waals surface area contributed by atoms with Gasteiger partial charge in [0.15, 0.2) is 0 Å². The van der Waals surface area contributed by atoms with Crippen LogP contribution in [-0.4, -0.2) is 5.91 Å². The molecule has 1 N–H and O–H groups in total. The van der Waals surface area contributed by atoms with E-state index in [2.05, 4.69) is 12.2 Å². The minimum atomic E-state index is 0.181. The molecule has 2 atom stereocenters. The molecule has 64 valence electrons. The number of anilines is 1. The second-order valence-electron chi connectivity index (χ2n) is 3.32. The van der Waals surface area contributed by atoms with E-state index in [1.807, 2.05) is 16.8 Å². The van der Waals surface area contributed by atoms with Crippen molar-refractivity contribution in [1.82, 2.24) is 0 Å². The van der Waals surface area contributed by atoms with Crippen molar-refractivity contribution >= 4 is 22.9 Å². The SMILES string of the molecule is C[C@@H]1C[C@H]1C(=O)Nc1ccsc1. The highest BCUT2D eigenvalue weighted by atomic mass is 32.1. The van der Waals surface area contributed by atoms with Gasteiger partial charge in [0.1, 0.15) is 0 Å². The van der Waals surface area contributed by atoms with E-state index in [0.29, 0.717) is 5.92 Å².